The Kier molecular flexibility index (Phi) is 3.64. The summed E-state index contributed by atoms with van der Waals surface area (Å²) in [7, 11) is 1.62. The highest BCUT2D eigenvalue weighted by atomic mass is 16.5. The van der Waals surface area contributed by atoms with E-state index in [0.29, 0.717) is 13.0 Å². The van der Waals surface area contributed by atoms with Gasteiger partial charge in [-0.1, -0.05) is 6.07 Å². The minimum Gasteiger partial charge on any atom is -0.493 e. The molecule has 0 radical (unpaired) electrons. The van der Waals surface area contributed by atoms with Crippen LogP contribution in [0.15, 0.2) is 18.2 Å². The Morgan fingerprint density at radius 2 is 2.41 bits per heavy atom. The molecule has 1 atom stereocenters. The molecule has 0 bridgehead atoms. The van der Waals surface area contributed by atoms with Crippen molar-refractivity contribution in [3.63, 3.8) is 0 Å². The minimum absolute atomic E-state index is 0.00631. The number of carbonyl (C=O) groups excluding carboxylic acids is 1. The first-order chi connectivity index (χ1) is 8.20. The molecule has 0 aliphatic heterocycles. The fourth-order valence-electron chi connectivity index (χ4n) is 2.10. The zero-order valence-corrected chi connectivity index (χ0v) is 10.0. The molecule has 0 spiro atoms. The average molecular weight is 234 g/mol. The Hall–Kier alpha value is -1.55. The number of ether oxygens (including phenoxy) is 1. The lowest BCUT2D eigenvalue weighted by molar-refractivity contribution is -0.121. The molecule has 1 amide bonds. The summed E-state index contributed by atoms with van der Waals surface area (Å²) in [4.78, 5) is 11.0. The zero-order valence-electron chi connectivity index (χ0n) is 10.0. The van der Waals surface area contributed by atoms with Crippen molar-refractivity contribution in [2.45, 2.75) is 25.3 Å². The molecule has 92 valence electrons. The molecule has 0 saturated carbocycles. The number of hydrogen-bond acceptors (Lipinski definition) is 3. The molecule has 17 heavy (non-hydrogen) atoms. The summed E-state index contributed by atoms with van der Waals surface area (Å²) in [5, 5.41) is 2.56. The smallest absolute Gasteiger partial charge is 0.223 e. The second-order valence-electron chi connectivity index (χ2n) is 4.28. The van der Waals surface area contributed by atoms with Crippen LogP contribution in [0, 0.1) is 0 Å². The molecule has 4 heteroatoms. The maximum absolute atomic E-state index is 11.0. The van der Waals surface area contributed by atoms with E-state index in [4.69, 9.17) is 10.5 Å². The number of rotatable bonds is 4. The van der Waals surface area contributed by atoms with E-state index in [1.807, 2.05) is 18.2 Å². The molecule has 0 heterocycles. The molecule has 0 aromatic heterocycles. The van der Waals surface area contributed by atoms with Crippen molar-refractivity contribution < 1.29 is 9.53 Å². The highest BCUT2D eigenvalue weighted by Crippen LogP contribution is 2.31. The van der Waals surface area contributed by atoms with Crippen LogP contribution < -0.4 is 15.8 Å². The molecule has 0 unspecified atom stereocenters. The van der Waals surface area contributed by atoms with Gasteiger partial charge in [-0.3, -0.25) is 4.79 Å². The fraction of sp³-hybridized carbons (Fsp3) is 0.462. The summed E-state index contributed by atoms with van der Waals surface area (Å²) in [5.41, 5.74) is 8.46. The first-order valence-corrected chi connectivity index (χ1v) is 5.92. The number of aryl methyl sites for hydroxylation is 1. The highest BCUT2D eigenvalue weighted by Gasteiger charge is 2.18. The summed E-state index contributed by atoms with van der Waals surface area (Å²) in [6.07, 6.45) is 2.41. The second-order valence-corrected chi connectivity index (χ2v) is 4.28. The molecule has 1 aliphatic rings. The monoisotopic (exact) mass is 234 g/mol. The number of nitrogens with one attached hydrogen (secondary N) is 1. The maximum atomic E-state index is 11.0. The number of carbonyl (C=O) groups is 1. The second kappa shape index (κ2) is 5.19. The van der Waals surface area contributed by atoms with Crippen molar-refractivity contribution in [3.05, 3.63) is 29.3 Å². The van der Waals surface area contributed by atoms with Gasteiger partial charge in [0, 0.05) is 13.1 Å². The topological polar surface area (TPSA) is 64.3 Å². The van der Waals surface area contributed by atoms with Gasteiger partial charge in [0.2, 0.25) is 5.91 Å². The van der Waals surface area contributed by atoms with Crippen molar-refractivity contribution in [2.75, 3.05) is 13.7 Å². The van der Waals surface area contributed by atoms with Crippen LogP contribution in [0.4, 0.5) is 0 Å². The third-order valence-corrected chi connectivity index (χ3v) is 3.12. The minimum atomic E-state index is -0.00631. The Bertz CT molecular complexity index is 418. The predicted molar refractivity (Wildman–Crippen MR) is 65.9 cm³/mol. The Labute approximate surface area is 101 Å². The molecular formula is C13H18N2O2. The van der Waals surface area contributed by atoms with Crippen LogP contribution >= 0.6 is 0 Å². The van der Waals surface area contributed by atoms with Gasteiger partial charge in [-0.2, -0.15) is 0 Å². The third kappa shape index (κ3) is 2.77. The molecule has 0 saturated heterocycles. The normalized spacial score (nSPS) is 17.6. The molecule has 3 N–H and O–H groups in total. The van der Waals surface area contributed by atoms with E-state index in [1.165, 1.54) is 11.1 Å². The standard InChI is InChI=1S/C13H18N2O2/c1-15-13(16)6-7-17-10-3-4-11-9(8-10)2-5-12(11)14/h3-4,8,12H,2,5-7,14H2,1H3,(H,15,16)/t12-/m1/s1. The van der Waals surface area contributed by atoms with Crippen molar-refractivity contribution in [2.24, 2.45) is 5.73 Å². The van der Waals surface area contributed by atoms with Crippen LogP contribution in [-0.2, 0) is 11.2 Å². The van der Waals surface area contributed by atoms with Crippen molar-refractivity contribution in [3.8, 4) is 5.75 Å². The van der Waals surface area contributed by atoms with Gasteiger partial charge < -0.3 is 15.8 Å². The first kappa shape index (κ1) is 11.9. The van der Waals surface area contributed by atoms with Crippen LogP contribution in [0.25, 0.3) is 0 Å². The largest absolute Gasteiger partial charge is 0.493 e. The van der Waals surface area contributed by atoms with Crippen LogP contribution in [0.2, 0.25) is 0 Å². The zero-order chi connectivity index (χ0) is 12.3. The molecular weight excluding hydrogens is 216 g/mol. The van der Waals surface area contributed by atoms with Crippen LogP contribution in [0.1, 0.15) is 30.0 Å². The summed E-state index contributed by atoms with van der Waals surface area (Å²) >= 11 is 0. The Morgan fingerprint density at radius 3 is 3.18 bits per heavy atom. The van der Waals surface area contributed by atoms with E-state index in [0.717, 1.165) is 18.6 Å². The van der Waals surface area contributed by atoms with Gasteiger partial charge in [0.05, 0.1) is 13.0 Å². The van der Waals surface area contributed by atoms with Crippen LogP contribution in [0.5, 0.6) is 5.75 Å². The lowest BCUT2D eigenvalue weighted by atomic mass is 10.1. The van der Waals surface area contributed by atoms with Gasteiger partial charge in [-0.05, 0) is 36.1 Å². The summed E-state index contributed by atoms with van der Waals surface area (Å²) < 4.78 is 5.54. The van der Waals surface area contributed by atoms with Gasteiger partial charge in [0.15, 0.2) is 0 Å². The van der Waals surface area contributed by atoms with Gasteiger partial charge in [-0.15, -0.1) is 0 Å². The van der Waals surface area contributed by atoms with E-state index < -0.39 is 0 Å². The number of nitrogens with two attached hydrogens (primary N) is 1. The van der Waals surface area contributed by atoms with Crippen LogP contribution in [0.3, 0.4) is 0 Å². The van der Waals surface area contributed by atoms with Crippen molar-refractivity contribution in [1.82, 2.24) is 5.32 Å². The van der Waals surface area contributed by atoms with E-state index in [2.05, 4.69) is 5.32 Å². The SMILES string of the molecule is CNC(=O)CCOc1ccc2c(c1)CC[C@H]2N. The van der Waals surface area contributed by atoms with Gasteiger partial charge in [-0.25, -0.2) is 0 Å². The number of fused-ring (bicyclic) bond motifs is 1. The lowest BCUT2D eigenvalue weighted by Crippen LogP contribution is -2.20. The predicted octanol–water partition coefficient (Wildman–Crippen LogP) is 1.15. The van der Waals surface area contributed by atoms with E-state index >= 15 is 0 Å². The van der Waals surface area contributed by atoms with Gasteiger partial charge in [0.1, 0.15) is 5.75 Å². The summed E-state index contributed by atoms with van der Waals surface area (Å²) in [6, 6.07) is 6.16. The Balaban J connectivity index is 1.92. The average Bonchev–Trinajstić information content (AvgIpc) is 2.70. The Morgan fingerprint density at radius 1 is 1.59 bits per heavy atom. The summed E-state index contributed by atoms with van der Waals surface area (Å²) in [6.45, 7) is 0.407. The number of amides is 1. The fourth-order valence-corrected chi connectivity index (χ4v) is 2.10. The van der Waals surface area contributed by atoms with Gasteiger partial charge in [0.25, 0.3) is 0 Å². The van der Waals surface area contributed by atoms with E-state index in [-0.39, 0.29) is 11.9 Å². The third-order valence-electron chi connectivity index (χ3n) is 3.12. The molecule has 4 nitrogen and oxygen atoms in total. The molecule has 1 aliphatic carbocycles. The quantitative estimate of drug-likeness (QED) is 0.821. The first-order valence-electron chi connectivity index (χ1n) is 5.92. The van der Waals surface area contributed by atoms with E-state index in [1.54, 1.807) is 7.05 Å². The maximum Gasteiger partial charge on any atom is 0.223 e. The van der Waals surface area contributed by atoms with Gasteiger partial charge >= 0.3 is 0 Å². The van der Waals surface area contributed by atoms with Crippen LogP contribution in [-0.4, -0.2) is 19.6 Å². The molecule has 0 fully saturated rings. The number of hydrogen-bond donors (Lipinski definition) is 2. The highest BCUT2D eigenvalue weighted by molar-refractivity contribution is 5.75. The van der Waals surface area contributed by atoms with Crippen molar-refractivity contribution >= 4 is 5.91 Å². The van der Waals surface area contributed by atoms with E-state index in [9.17, 15) is 4.79 Å². The molecule has 1 aromatic rings. The lowest BCUT2D eigenvalue weighted by Gasteiger charge is -2.09. The number of benzene rings is 1. The molecule has 1 aromatic carbocycles. The molecule has 2 rings (SSSR count). The van der Waals surface area contributed by atoms with Crippen molar-refractivity contribution in [1.29, 1.82) is 0 Å². The summed E-state index contributed by atoms with van der Waals surface area (Å²) in [5.74, 6) is 0.815.